The fourth-order valence-corrected chi connectivity index (χ4v) is 2.03. The van der Waals surface area contributed by atoms with Gasteiger partial charge < -0.3 is 5.11 Å². The standard InChI is InChI=1S/C12H13F3O/c13-12(14,15)11(16)10-7-2-1-6-9(10)8-4-3-5-8/h1-2,6-8,11,16H,3-5H2/t11-/m1/s1. The first-order valence-electron chi connectivity index (χ1n) is 5.34. The van der Waals surface area contributed by atoms with Gasteiger partial charge in [-0.1, -0.05) is 30.7 Å². The van der Waals surface area contributed by atoms with Crippen molar-refractivity contribution in [2.24, 2.45) is 0 Å². The van der Waals surface area contributed by atoms with Crippen molar-refractivity contribution in [2.45, 2.75) is 37.5 Å². The monoisotopic (exact) mass is 230 g/mol. The molecule has 0 aliphatic heterocycles. The van der Waals surface area contributed by atoms with Crippen LogP contribution in [0.25, 0.3) is 0 Å². The summed E-state index contributed by atoms with van der Waals surface area (Å²) in [5.41, 5.74) is 0.665. The summed E-state index contributed by atoms with van der Waals surface area (Å²) in [6, 6.07) is 6.31. The van der Waals surface area contributed by atoms with Gasteiger partial charge in [0.25, 0.3) is 0 Å². The van der Waals surface area contributed by atoms with Crippen molar-refractivity contribution in [1.29, 1.82) is 0 Å². The van der Waals surface area contributed by atoms with E-state index in [-0.39, 0.29) is 11.5 Å². The number of hydrogen-bond acceptors (Lipinski definition) is 1. The SMILES string of the molecule is O[C@H](c1ccccc1C1CCC1)C(F)(F)F. The van der Waals surface area contributed by atoms with Crippen molar-refractivity contribution in [2.75, 3.05) is 0 Å². The minimum atomic E-state index is -4.58. The average molecular weight is 230 g/mol. The first-order valence-corrected chi connectivity index (χ1v) is 5.34. The zero-order chi connectivity index (χ0) is 11.8. The number of aliphatic hydroxyl groups is 1. The lowest BCUT2D eigenvalue weighted by molar-refractivity contribution is -0.207. The molecule has 1 nitrogen and oxygen atoms in total. The molecule has 0 spiro atoms. The lowest BCUT2D eigenvalue weighted by Gasteiger charge is -2.29. The second-order valence-electron chi connectivity index (χ2n) is 4.20. The van der Waals surface area contributed by atoms with E-state index >= 15 is 0 Å². The van der Waals surface area contributed by atoms with Gasteiger partial charge in [-0.05, 0) is 29.9 Å². The molecule has 1 fully saturated rings. The molecule has 88 valence electrons. The van der Waals surface area contributed by atoms with E-state index < -0.39 is 12.3 Å². The summed E-state index contributed by atoms with van der Waals surface area (Å²) < 4.78 is 37.4. The quantitative estimate of drug-likeness (QED) is 0.823. The van der Waals surface area contributed by atoms with Crippen LogP contribution in [0.2, 0.25) is 0 Å². The highest BCUT2D eigenvalue weighted by molar-refractivity contribution is 5.34. The van der Waals surface area contributed by atoms with Crippen molar-refractivity contribution >= 4 is 0 Å². The molecule has 0 saturated heterocycles. The molecule has 1 aliphatic rings. The Morgan fingerprint density at radius 1 is 1.19 bits per heavy atom. The Morgan fingerprint density at radius 3 is 2.31 bits per heavy atom. The highest BCUT2D eigenvalue weighted by atomic mass is 19.4. The topological polar surface area (TPSA) is 20.2 Å². The van der Waals surface area contributed by atoms with Gasteiger partial charge >= 0.3 is 6.18 Å². The minimum Gasteiger partial charge on any atom is -0.379 e. The van der Waals surface area contributed by atoms with Gasteiger partial charge in [-0.15, -0.1) is 0 Å². The minimum absolute atomic E-state index is 0.0136. The third-order valence-electron chi connectivity index (χ3n) is 3.15. The molecule has 2 rings (SSSR count). The highest BCUT2D eigenvalue weighted by Gasteiger charge is 2.41. The molecule has 4 heteroatoms. The summed E-state index contributed by atoms with van der Waals surface area (Å²) in [6.45, 7) is 0. The number of alkyl halides is 3. The van der Waals surface area contributed by atoms with Crippen molar-refractivity contribution in [3.63, 3.8) is 0 Å². The van der Waals surface area contributed by atoms with Gasteiger partial charge in [0, 0.05) is 0 Å². The van der Waals surface area contributed by atoms with Crippen LogP contribution in [0.4, 0.5) is 13.2 Å². The summed E-state index contributed by atoms with van der Waals surface area (Å²) in [5, 5.41) is 9.28. The van der Waals surface area contributed by atoms with Gasteiger partial charge in [-0.25, -0.2) is 0 Å². The summed E-state index contributed by atoms with van der Waals surface area (Å²) in [6.07, 6.45) is -4.05. The number of halogens is 3. The van der Waals surface area contributed by atoms with Crippen LogP contribution in [0.5, 0.6) is 0 Å². The van der Waals surface area contributed by atoms with Crippen LogP contribution < -0.4 is 0 Å². The second-order valence-corrected chi connectivity index (χ2v) is 4.20. The summed E-state index contributed by atoms with van der Waals surface area (Å²) in [7, 11) is 0. The molecule has 1 aliphatic carbocycles. The van der Waals surface area contributed by atoms with Crippen molar-refractivity contribution in [3.05, 3.63) is 35.4 Å². The molecule has 0 unspecified atom stereocenters. The van der Waals surface area contributed by atoms with Crippen LogP contribution in [0, 0.1) is 0 Å². The molecular weight excluding hydrogens is 217 g/mol. The summed E-state index contributed by atoms with van der Waals surface area (Å²) >= 11 is 0. The van der Waals surface area contributed by atoms with Crippen molar-refractivity contribution in [3.8, 4) is 0 Å². The number of rotatable bonds is 2. The van der Waals surface area contributed by atoms with Gasteiger partial charge in [0.15, 0.2) is 6.10 Å². The van der Waals surface area contributed by atoms with Crippen molar-refractivity contribution < 1.29 is 18.3 Å². The summed E-state index contributed by atoms with van der Waals surface area (Å²) in [4.78, 5) is 0. The molecule has 1 N–H and O–H groups in total. The van der Waals surface area contributed by atoms with E-state index in [9.17, 15) is 18.3 Å². The smallest absolute Gasteiger partial charge is 0.379 e. The first-order chi connectivity index (χ1) is 7.50. The largest absolute Gasteiger partial charge is 0.418 e. The molecule has 1 aromatic carbocycles. The maximum absolute atomic E-state index is 12.5. The van der Waals surface area contributed by atoms with Gasteiger partial charge in [0.2, 0.25) is 0 Å². The Labute approximate surface area is 91.9 Å². The Hall–Kier alpha value is -1.03. The molecule has 0 radical (unpaired) electrons. The van der Waals surface area contributed by atoms with Crippen LogP contribution >= 0.6 is 0 Å². The van der Waals surface area contributed by atoms with Gasteiger partial charge in [0.05, 0.1) is 0 Å². The number of hydrogen-bond donors (Lipinski definition) is 1. The van der Waals surface area contributed by atoms with Gasteiger partial charge in [0.1, 0.15) is 0 Å². The maximum atomic E-state index is 12.5. The summed E-state index contributed by atoms with van der Waals surface area (Å²) in [5.74, 6) is 0.188. The Balaban J connectivity index is 2.32. The van der Waals surface area contributed by atoms with E-state index in [0.717, 1.165) is 19.3 Å². The predicted octanol–water partition coefficient (Wildman–Crippen LogP) is 3.55. The van der Waals surface area contributed by atoms with Gasteiger partial charge in [-0.3, -0.25) is 0 Å². The average Bonchev–Trinajstić information content (AvgIpc) is 2.13. The molecule has 1 saturated carbocycles. The van der Waals surface area contributed by atoms with E-state index in [1.165, 1.54) is 12.1 Å². The Bertz CT molecular complexity index is 369. The molecule has 16 heavy (non-hydrogen) atoms. The Kier molecular flexibility index (Phi) is 2.93. The molecule has 0 aromatic heterocycles. The fourth-order valence-electron chi connectivity index (χ4n) is 2.03. The maximum Gasteiger partial charge on any atom is 0.418 e. The molecule has 1 atom stereocenters. The van der Waals surface area contributed by atoms with E-state index in [4.69, 9.17) is 0 Å². The van der Waals surface area contributed by atoms with E-state index in [1.807, 2.05) is 0 Å². The normalized spacial score (nSPS) is 19.2. The number of benzene rings is 1. The molecule has 0 amide bonds. The van der Waals surface area contributed by atoms with Crippen LogP contribution in [0.15, 0.2) is 24.3 Å². The van der Waals surface area contributed by atoms with Crippen LogP contribution in [-0.2, 0) is 0 Å². The van der Waals surface area contributed by atoms with E-state index in [2.05, 4.69) is 0 Å². The van der Waals surface area contributed by atoms with Crippen LogP contribution in [0.3, 0.4) is 0 Å². The zero-order valence-electron chi connectivity index (χ0n) is 8.67. The molecule has 0 heterocycles. The molecule has 1 aromatic rings. The first kappa shape index (κ1) is 11.5. The van der Waals surface area contributed by atoms with Crippen molar-refractivity contribution in [1.82, 2.24) is 0 Å². The lowest BCUT2D eigenvalue weighted by atomic mass is 9.77. The van der Waals surface area contributed by atoms with E-state index in [0.29, 0.717) is 5.56 Å². The molecule has 0 bridgehead atoms. The third-order valence-corrected chi connectivity index (χ3v) is 3.15. The lowest BCUT2D eigenvalue weighted by Crippen LogP contribution is -2.23. The van der Waals surface area contributed by atoms with Crippen LogP contribution in [0.1, 0.15) is 42.4 Å². The van der Waals surface area contributed by atoms with E-state index in [1.54, 1.807) is 12.1 Å². The predicted molar refractivity (Wildman–Crippen MR) is 54.0 cm³/mol. The highest BCUT2D eigenvalue weighted by Crippen LogP contribution is 2.42. The molecular formula is C12H13F3O. The third kappa shape index (κ3) is 2.07. The van der Waals surface area contributed by atoms with Gasteiger partial charge in [-0.2, -0.15) is 13.2 Å². The van der Waals surface area contributed by atoms with Crippen LogP contribution in [-0.4, -0.2) is 11.3 Å². The fraction of sp³-hybridized carbons (Fsp3) is 0.500. The Morgan fingerprint density at radius 2 is 1.81 bits per heavy atom. The second kappa shape index (κ2) is 4.09. The number of aliphatic hydroxyl groups excluding tert-OH is 1. The zero-order valence-corrected chi connectivity index (χ0v) is 8.67.